The molecule has 0 saturated carbocycles. The van der Waals surface area contributed by atoms with Gasteiger partial charge in [0.25, 0.3) is 0 Å². The first-order valence-electron chi connectivity index (χ1n) is 7.98. The molecule has 2 aromatic rings. The number of pyridine rings is 1. The summed E-state index contributed by atoms with van der Waals surface area (Å²) in [5, 5.41) is 3.52. The molecular weight excluding hydrogens is 286 g/mol. The Morgan fingerprint density at radius 1 is 1.09 bits per heavy atom. The molecule has 0 unspecified atom stereocenters. The van der Waals surface area contributed by atoms with Gasteiger partial charge < -0.3 is 15.0 Å². The van der Waals surface area contributed by atoms with E-state index in [0.717, 1.165) is 30.1 Å². The van der Waals surface area contributed by atoms with Crippen LogP contribution < -0.4 is 10.1 Å². The van der Waals surface area contributed by atoms with E-state index >= 15 is 0 Å². The summed E-state index contributed by atoms with van der Waals surface area (Å²) in [5.41, 5.74) is 2.21. The van der Waals surface area contributed by atoms with E-state index in [4.69, 9.17) is 4.74 Å². The highest BCUT2D eigenvalue weighted by Crippen LogP contribution is 2.19. The van der Waals surface area contributed by atoms with E-state index in [1.165, 1.54) is 0 Å². The van der Waals surface area contributed by atoms with Crippen molar-refractivity contribution in [3.05, 3.63) is 59.9 Å². The predicted molar refractivity (Wildman–Crippen MR) is 94.5 cm³/mol. The Kier molecular flexibility index (Phi) is 6.13. The van der Waals surface area contributed by atoms with Gasteiger partial charge in [-0.05, 0) is 46.1 Å². The molecule has 4 nitrogen and oxygen atoms in total. The minimum atomic E-state index is 0.115. The maximum absolute atomic E-state index is 5.94. The van der Waals surface area contributed by atoms with E-state index in [0.29, 0.717) is 6.61 Å². The highest BCUT2D eigenvalue weighted by atomic mass is 16.5. The second-order valence-electron chi connectivity index (χ2n) is 6.53. The molecule has 0 saturated heterocycles. The summed E-state index contributed by atoms with van der Waals surface area (Å²) < 4.78 is 5.94. The van der Waals surface area contributed by atoms with Crippen LogP contribution in [0.3, 0.4) is 0 Å². The van der Waals surface area contributed by atoms with Gasteiger partial charge in [-0.3, -0.25) is 4.98 Å². The van der Waals surface area contributed by atoms with Crippen LogP contribution in [0.25, 0.3) is 0 Å². The lowest BCUT2D eigenvalue weighted by molar-refractivity contribution is 0.189. The Balaban J connectivity index is 1.92. The van der Waals surface area contributed by atoms with Gasteiger partial charge in [0.05, 0.1) is 5.69 Å². The van der Waals surface area contributed by atoms with Crippen molar-refractivity contribution in [2.24, 2.45) is 0 Å². The quantitative estimate of drug-likeness (QED) is 0.812. The van der Waals surface area contributed by atoms with Gasteiger partial charge in [0, 0.05) is 30.4 Å². The van der Waals surface area contributed by atoms with Crippen molar-refractivity contribution in [2.75, 3.05) is 20.6 Å². The molecule has 1 aromatic carbocycles. The highest BCUT2D eigenvalue weighted by molar-refractivity contribution is 5.33. The number of hydrogen-bond donors (Lipinski definition) is 1. The normalized spacial score (nSPS) is 11.7. The lowest BCUT2D eigenvalue weighted by Crippen LogP contribution is -2.46. The Bertz CT molecular complexity index is 597. The molecule has 1 N–H and O–H groups in total. The lowest BCUT2D eigenvalue weighted by atomic mass is 10.0. The summed E-state index contributed by atoms with van der Waals surface area (Å²) in [4.78, 5) is 6.52. The molecule has 0 radical (unpaired) electrons. The molecule has 0 aliphatic rings. The Morgan fingerprint density at radius 2 is 1.83 bits per heavy atom. The molecule has 0 amide bonds. The van der Waals surface area contributed by atoms with E-state index in [1.54, 1.807) is 6.20 Å². The molecular formula is C19H27N3O. The zero-order valence-corrected chi connectivity index (χ0v) is 14.5. The molecule has 2 rings (SSSR count). The van der Waals surface area contributed by atoms with Crippen LogP contribution in [0.5, 0.6) is 5.75 Å². The van der Waals surface area contributed by atoms with Gasteiger partial charge in [-0.25, -0.2) is 0 Å². The van der Waals surface area contributed by atoms with Crippen LogP contribution in [0.2, 0.25) is 0 Å². The Hall–Kier alpha value is -1.91. The van der Waals surface area contributed by atoms with Crippen molar-refractivity contribution in [1.29, 1.82) is 0 Å². The second-order valence-corrected chi connectivity index (χ2v) is 6.53. The second kappa shape index (κ2) is 8.09. The summed E-state index contributed by atoms with van der Waals surface area (Å²) in [6.07, 6.45) is 1.79. The zero-order valence-electron chi connectivity index (χ0n) is 14.5. The maximum atomic E-state index is 5.94. The van der Waals surface area contributed by atoms with Gasteiger partial charge in [0.15, 0.2) is 0 Å². The Morgan fingerprint density at radius 3 is 2.52 bits per heavy atom. The van der Waals surface area contributed by atoms with Gasteiger partial charge in [-0.15, -0.1) is 0 Å². The van der Waals surface area contributed by atoms with Crippen molar-refractivity contribution in [2.45, 2.75) is 32.5 Å². The molecule has 1 aromatic heterocycles. The number of ether oxygens (including phenoxy) is 1. The minimum Gasteiger partial charge on any atom is -0.487 e. The SMILES string of the molecule is CN(C)C(C)(C)CNCc1ccccc1OCc1ccccn1. The number of benzene rings is 1. The average molecular weight is 313 g/mol. The van der Waals surface area contributed by atoms with E-state index in [9.17, 15) is 0 Å². The summed E-state index contributed by atoms with van der Waals surface area (Å²) in [6, 6.07) is 14.0. The van der Waals surface area contributed by atoms with Crippen LogP contribution >= 0.6 is 0 Å². The van der Waals surface area contributed by atoms with E-state index < -0.39 is 0 Å². The number of nitrogens with zero attached hydrogens (tertiary/aromatic N) is 2. The molecule has 0 fully saturated rings. The maximum Gasteiger partial charge on any atom is 0.130 e. The zero-order chi connectivity index (χ0) is 16.7. The number of aromatic nitrogens is 1. The summed E-state index contributed by atoms with van der Waals surface area (Å²) in [7, 11) is 4.21. The summed E-state index contributed by atoms with van der Waals surface area (Å²) >= 11 is 0. The first-order valence-corrected chi connectivity index (χ1v) is 7.98. The largest absolute Gasteiger partial charge is 0.487 e. The van der Waals surface area contributed by atoms with Crippen molar-refractivity contribution < 1.29 is 4.74 Å². The van der Waals surface area contributed by atoms with E-state index in [2.05, 4.69) is 49.2 Å². The summed E-state index contributed by atoms with van der Waals surface area (Å²) in [6.45, 7) is 6.64. The van der Waals surface area contributed by atoms with Gasteiger partial charge in [-0.2, -0.15) is 0 Å². The van der Waals surface area contributed by atoms with Gasteiger partial charge >= 0.3 is 0 Å². The van der Waals surface area contributed by atoms with Crippen LogP contribution in [-0.2, 0) is 13.2 Å². The number of hydrogen-bond acceptors (Lipinski definition) is 4. The van der Waals surface area contributed by atoms with Crippen LogP contribution in [0.1, 0.15) is 25.1 Å². The van der Waals surface area contributed by atoms with Gasteiger partial charge in [0.1, 0.15) is 12.4 Å². The molecule has 0 bridgehead atoms. The third-order valence-electron chi connectivity index (χ3n) is 4.16. The third kappa shape index (κ3) is 5.34. The van der Waals surface area contributed by atoms with Gasteiger partial charge in [0.2, 0.25) is 0 Å². The average Bonchev–Trinajstić information content (AvgIpc) is 2.54. The number of rotatable bonds is 8. The fourth-order valence-electron chi connectivity index (χ4n) is 2.09. The number of likely N-dealkylation sites (N-methyl/N-ethyl adjacent to an activating group) is 1. The van der Waals surface area contributed by atoms with Crippen molar-refractivity contribution in [3.63, 3.8) is 0 Å². The van der Waals surface area contributed by atoms with Crippen LogP contribution in [0, 0.1) is 0 Å². The van der Waals surface area contributed by atoms with Crippen molar-refractivity contribution >= 4 is 0 Å². The fraction of sp³-hybridized carbons (Fsp3) is 0.421. The van der Waals surface area contributed by atoms with E-state index in [-0.39, 0.29) is 5.54 Å². The van der Waals surface area contributed by atoms with Crippen LogP contribution in [0.4, 0.5) is 0 Å². The molecule has 0 aliphatic heterocycles. The summed E-state index contributed by atoms with van der Waals surface area (Å²) in [5.74, 6) is 0.910. The van der Waals surface area contributed by atoms with E-state index in [1.807, 2.05) is 36.4 Å². The highest BCUT2D eigenvalue weighted by Gasteiger charge is 2.19. The van der Waals surface area contributed by atoms with Crippen LogP contribution in [-0.4, -0.2) is 36.1 Å². The molecule has 4 heteroatoms. The number of para-hydroxylation sites is 1. The molecule has 0 atom stereocenters. The lowest BCUT2D eigenvalue weighted by Gasteiger charge is -2.32. The minimum absolute atomic E-state index is 0.115. The fourth-order valence-corrected chi connectivity index (χ4v) is 2.09. The molecule has 0 aliphatic carbocycles. The van der Waals surface area contributed by atoms with Gasteiger partial charge in [-0.1, -0.05) is 24.3 Å². The van der Waals surface area contributed by atoms with Crippen molar-refractivity contribution in [3.8, 4) is 5.75 Å². The van der Waals surface area contributed by atoms with Crippen molar-refractivity contribution in [1.82, 2.24) is 15.2 Å². The Labute approximate surface area is 139 Å². The first kappa shape index (κ1) is 17.4. The molecule has 23 heavy (non-hydrogen) atoms. The molecule has 1 heterocycles. The standard InChI is InChI=1S/C19H27N3O/c1-19(2,22(3)4)15-20-13-16-9-5-6-11-18(16)23-14-17-10-7-8-12-21-17/h5-12,20H,13-15H2,1-4H3. The molecule has 124 valence electrons. The first-order chi connectivity index (χ1) is 11.0. The monoisotopic (exact) mass is 313 g/mol. The van der Waals surface area contributed by atoms with Crippen LogP contribution in [0.15, 0.2) is 48.7 Å². The topological polar surface area (TPSA) is 37.4 Å². The predicted octanol–water partition coefficient (Wildman–Crippen LogP) is 3.09. The smallest absolute Gasteiger partial charge is 0.130 e. The molecule has 0 spiro atoms. The number of nitrogens with one attached hydrogen (secondary N) is 1. The third-order valence-corrected chi connectivity index (χ3v) is 4.16.